The smallest absolute Gasteiger partial charge is 0.302 e. The topological polar surface area (TPSA) is 43.4 Å². The van der Waals surface area contributed by atoms with Gasteiger partial charge in [0.15, 0.2) is 0 Å². The number of rotatable bonds is 12. The van der Waals surface area contributed by atoms with E-state index in [1.54, 1.807) is 6.92 Å². The van der Waals surface area contributed by atoms with E-state index in [1.807, 2.05) is 0 Å². The van der Waals surface area contributed by atoms with Gasteiger partial charge >= 0.3 is 5.97 Å². The molecule has 0 spiro atoms. The molecule has 0 aliphatic carbocycles. The van der Waals surface area contributed by atoms with Crippen molar-refractivity contribution in [3.8, 4) is 0 Å². The van der Waals surface area contributed by atoms with E-state index in [9.17, 15) is 9.59 Å². The first-order chi connectivity index (χ1) is 9.56. The highest BCUT2D eigenvalue weighted by molar-refractivity contribution is 5.75. The van der Waals surface area contributed by atoms with Crippen LogP contribution in [0.1, 0.15) is 78.6 Å². The largest absolute Gasteiger partial charge is 0.463 e. The van der Waals surface area contributed by atoms with Crippen molar-refractivity contribution in [2.45, 2.75) is 84.7 Å². The van der Waals surface area contributed by atoms with E-state index in [-0.39, 0.29) is 17.9 Å². The molecule has 0 aromatic carbocycles. The van der Waals surface area contributed by atoms with E-state index in [0.717, 1.165) is 38.5 Å². The zero-order valence-corrected chi connectivity index (χ0v) is 13.3. The van der Waals surface area contributed by atoms with Crippen LogP contribution in [0.3, 0.4) is 0 Å². The predicted molar refractivity (Wildman–Crippen MR) is 82.6 cm³/mol. The number of hydrogen-bond acceptors (Lipinski definition) is 3. The summed E-state index contributed by atoms with van der Waals surface area (Å²) in [6.07, 6.45) is 13.6. The van der Waals surface area contributed by atoms with Crippen LogP contribution in [0.2, 0.25) is 0 Å². The lowest BCUT2D eigenvalue weighted by Crippen LogP contribution is -2.14. The minimum absolute atomic E-state index is 0.0922. The highest BCUT2D eigenvalue weighted by atomic mass is 16.5. The number of ether oxygens (including phenoxy) is 1. The van der Waals surface area contributed by atoms with Crippen molar-refractivity contribution in [3.63, 3.8) is 0 Å². The Bertz CT molecular complexity index is 295. The maximum atomic E-state index is 10.9. The van der Waals surface area contributed by atoms with Crippen LogP contribution in [-0.2, 0) is 14.3 Å². The second-order valence-corrected chi connectivity index (χ2v) is 5.34. The number of hydrogen-bond donors (Lipinski definition) is 0. The molecule has 0 aromatic rings. The fourth-order valence-electron chi connectivity index (χ4n) is 2.10. The highest BCUT2D eigenvalue weighted by Crippen LogP contribution is 2.11. The van der Waals surface area contributed by atoms with E-state index in [2.05, 4.69) is 19.1 Å². The first-order valence-corrected chi connectivity index (χ1v) is 7.88. The van der Waals surface area contributed by atoms with Crippen molar-refractivity contribution in [2.75, 3.05) is 0 Å². The summed E-state index contributed by atoms with van der Waals surface area (Å²) in [7, 11) is 0. The maximum Gasteiger partial charge on any atom is 0.302 e. The molecule has 0 saturated heterocycles. The lowest BCUT2D eigenvalue weighted by molar-refractivity contribution is -0.146. The quantitative estimate of drug-likeness (QED) is 0.298. The number of unbranched alkanes of at least 4 members (excludes halogenated alkanes) is 4. The summed E-state index contributed by atoms with van der Waals surface area (Å²) in [5.41, 5.74) is 0. The van der Waals surface area contributed by atoms with Crippen LogP contribution < -0.4 is 0 Å². The summed E-state index contributed by atoms with van der Waals surface area (Å²) in [6.45, 7) is 5.17. The van der Waals surface area contributed by atoms with Gasteiger partial charge in [-0.2, -0.15) is 0 Å². The van der Waals surface area contributed by atoms with Gasteiger partial charge in [-0.05, 0) is 51.9 Å². The predicted octanol–water partition coefficient (Wildman–Crippen LogP) is 4.59. The van der Waals surface area contributed by atoms with Gasteiger partial charge in [0.2, 0.25) is 0 Å². The molecule has 3 nitrogen and oxygen atoms in total. The number of allylic oxidation sites excluding steroid dienone is 2. The Labute approximate surface area is 123 Å². The van der Waals surface area contributed by atoms with Gasteiger partial charge in [0, 0.05) is 13.3 Å². The summed E-state index contributed by atoms with van der Waals surface area (Å²) < 4.78 is 5.21. The molecule has 1 unspecified atom stereocenters. The molecule has 0 bridgehead atoms. The van der Waals surface area contributed by atoms with Gasteiger partial charge in [0.25, 0.3) is 0 Å². The number of carbonyl (C=O) groups is 2. The molecule has 0 rings (SSSR count). The third-order valence-corrected chi connectivity index (χ3v) is 3.25. The zero-order valence-electron chi connectivity index (χ0n) is 13.3. The first-order valence-electron chi connectivity index (χ1n) is 7.88. The Balaban J connectivity index is 3.40. The zero-order chi connectivity index (χ0) is 15.2. The third kappa shape index (κ3) is 13.3. The average Bonchev–Trinajstić information content (AvgIpc) is 2.38. The third-order valence-electron chi connectivity index (χ3n) is 3.25. The SMILES string of the molecule is CCC(CCCCC/C=C/CCCC(C)=O)OC(C)=O. The Morgan fingerprint density at radius 2 is 1.65 bits per heavy atom. The summed E-state index contributed by atoms with van der Waals surface area (Å²) in [5, 5.41) is 0. The molecule has 1 atom stereocenters. The molecule has 0 aliphatic rings. The fourth-order valence-corrected chi connectivity index (χ4v) is 2.10. The molecule has 0 N–H and O–H groups in total. The van der Waals surface area contributed by atoms with Crippen LogP contribution in [0.15, 0.2) is 12.2 Å². The van der Waals surface area contributed by atoms with Crippen LogP contribution in [0.4, 0.5) is 0 Å². The molecule has 0 fully saturated rings. The van der Waals surface area contributed by atoms with Crippen LogP contribution in [0.5, 0.6) is 0 Å². The molecule has 0 aromatic heterocycles. The molecule has 0 amide bonds. The fraction of sp³-hybridized carbons (Fsp3) is 0.765. The van der Waals surface area contributed by atoms with Gasteiger partial charge in [-0.25, -0.2) is 0 Å². The number of esters is 1. The van der Waals surface area contributed by atoms with E-state index in [0.29, 0.717) is 6.42 Å². The van der Waals surface area contributed by atoms with Crippen LogP contribution in [-0.4, -0.2) is 17.9 Å². The molecule has 0 saturated carbocycles. The second-order valence-electron chi connectivity index (χ2n) is 5.34. The minimum atomic E-state index is -0.176. The van der Waals surface area contributed by atoms with Crippen LogP contribution in [0.25, 0.3) is 0 Å². The number of ketones is 1. The average molecular weight is 282 g/mol. The molecule has 116 valence electrons. The van der Waals surface area contributed by atoms with Gasteiger partial charge in [-0.1, -0.05) is 25.5 Å². The molecule has 3 heteroatoms. The maximum absolute atomic E-state index is 10.9. The summed E-state index contributed by atoms with van der Waals surface area (Å²) >= 11 is 0. The standard InChI is InChI=1S/C17H30O3/c1-4-17(20-16(3)19)14-12-10-8-6-5-7-9-11-13-15(2)18/h5,7,17H,4,6,8-14H2,1-3H3/b7-5+. The summed E-state index contributed by atoms with van der Waals surface area (Å²) in [5.74, 6) is 0.0991. The lowest BCUT2D eigenvalue weighted by Gasteiger charge is -2.14. The number of carbonyl (C=O) groups excluding carboxylic acids is 2. The van der Waals surface area contributed by atoms with Crippen molar-refractivity contribution in [1.82, 2.24) is 0 Å². The van der Waals surface area contributed by atoms with E-state index in [4.69, 9.17) is 4.74 Å². The number of Topliss-reactive ketones (excluding diaryl/α,β-unsaturated/α-hetero) is 1. The molecular formula is C17H30O3. The van der Waals surface area contributed by atoms with Gasteiger partial charge in [-0.15, -0.1) is 0 Å². The van der Waals surface area contributed by atoms with E-state index < -0.39 is 0 Å². The van der Waals surface area contributed by atoms with Crippen molar-refractivity contribution < 1.29 is 14.3 Å². The van der Waals surface area contributed by atoms with Gasteiger partial charge < -0.3 is 9.53 Å². The molecule has 20 heavy (non-hydrogen) atoms. The Hall–Kier alpha value is -1.12. The lowest BCUT2D eigenvalue weighted by atomic mass is 10.1. The summed E-state index contributed by atoms with van der Waals surface area (Å²) in [4.78, 5) is 21.6. The molecule has 0 heterocycles. The summed E-state index contributed by atoms with van der Waals surface area (Å²) in [6, 6.07) is 0. The van der Waals surface area contributed by atoms with Crippen LogP contribution >= 0.6 is 0 Å². The van der Waals surface area contributed by atoms with Crippen molar-refractivity contribution in [3.05, 3.63) is 12.2 Å². The van der Waals surface area contributed by atoms with Crippen molar-refractivity contribution >= 4 is 11.8 Å². The van der Waals surface area contributed by atoms with Gasteiger partial charge in [-0.3, -0.25) is 4.79 Å². The second kappa shape index (κ2) is 12.9. The van der Waals surface area contributed by atoms with Crippen LogP contribution in [0, 0.1) is 0 Å². The first kappa shape index (κ1) is 18.9. The normalized spacial score (nSPS) is 12.6. The van der Waals surface area contributed by atoms with Gasteiger partial charge in [0.1, 0.15) is 11.9 Å². The molecule has 0 radical (unpaired) electrons. The van der Waals surface area contributed by atoms with Gasteiger partial charge in [0.05, 0.1) is 0 Å². The minimum Gasteiger partial charge on any atom is -0.463 e. The monoisotopic (exact) mass is 282 g/mol. The molecular weight excluding hydrogens is 252 g/mol. The van der Waals surface area contributed by atoms with Crippen molar-refractivity contribution in [2.24, 2.45) is 0 Å². The Morgan fingerprint density at radius 1 is 1.00 bits per heavy atom. The Morgan fingerprint density at radius 3 is 2.20 bits per heavy atom. The van der Waals surface area contributed by atoms with E-state index in [1.165, 1.54) is 19.8 Å². The molecule has 0 aliphatic heterocycles. The highest BCUT2D eigenvalue weighted by Gasteiger charge is 2.08. The Kier molecular flexibility index (Phi) is 12.2. The van der Waals surface area contributed by atoms with Crippen molar-refractivity contribution in [1.29, 1.82) is 0 Å². The van der Waals surface area contributed by atoms with E-state index >= 15 is 0 Å².